The molecule has 13 heavy (non-hydrogen) atoms. The highest BCUT2D eigenvalue weighted by Gasteiger charge is 2.23. The molecular formula is C7H6N2O2S2. The Bertz CT molecular complexity index is 467. The second-order valence-electron chi connectivity index (χ2n) is 2.79. The van der Waals surface area contributed by atoms with Crippen molar-refractivity contribution < 1.29 is 8.42 Å². The fourth-order valence-corrected chi connectivity index (χ4v) is 2.63. The van der Waals surface area contributed by atoms with Gasteiger partial charge in [-0.1, -0.05) is 0 Å². The molecule has 0 aliphatic carbocycles. The zero-order valence-corrected chi connectivity index (χ0v) is 8.15. The first kappa shape index (κ1) is 8.58. The SMILES string of the molecule is O=S1(=O)Cc2cc(N=S)ccc2N1. The van der Waals surface area contributed by atoms with Crippen LogP contribution in [0.25, 0.3) is 0 Å². The second kappa shape index (κ2) is 2.74. The zero-order valence-electron chi connectivity index (χ0n) is 6.52. The Hall–Kier alpha value is -1.01. The van der Waals surface area contributed by atoms with Gasteiger partial charge in [0.05, 0.1) is 17.1 Å². The summed E-state index contributed by atoms with van der Waals surface area (Å²) < 4.78 is 28.2. The molecule has 4 nitrogen and oxygen atoms in total. The van der Waals surface area contributed by atoms with E-state index in [1.807, 2.05) is 0 Å². The summed E-state index contributed by atoms with van der Waals surface area (Å²) in [6.07, 6.45) is 0. The highest BCUT2D eigenvalue weighted by molar-refractivity contribution is 7.92. The average molecular weight is 214 g/mol. The molecule has 6 heteroatoms. The van der Waals surface area contributed by atoms with E-state index in [1.54, 1.807) is 18.2 Å². The lowest BCUT2D eigenvalue weighted by atomic mass is 10.2. The van der Waals surface area contributed by atoms with Gasteiger partial charge in [0.15, 0.2) is 0 Å². The first-order valence-corrected chi connectivity index (χ1v) is 5.59. The van der Waals surface area contributed by atoms with Gasteiger partial charge >= 0.3 is 0 Å². The molecule has 0 amide bonds. The van der Waals surface area contributed by atoms with Crippen LogP contribution in [-0.4, -0.2) is 8.42 Å². The first-order chi connectivity index (χ1) is 6.11. The van der Waals surface area contributed by atoms with Crippen molar-refractivity contribution in [3.63, 3.8) is 0 Å². The predicted molar refractivity (Wildman–Crippen MR) is 52.1 cm³/mol. The van der Waals surface area contributed by atoms with Gasteiger partial charge in [-0.2, -0.15) is 4.36 Å². The van der Waals surface area contributed by atoms with E-state index < -0.39 is 10.0 Å². The summed E-state index contributed by atoms with van der Waals surface area (Å²) in [5, 5.41) is 0. The minimum absolute atomic E-state index is 0.0149. The van der Waals surface area contributed by atoms with Crippen molar-refractivity contribution in [3.8, 4) is 0 Å². The molecule has 68 valence electrons. The Labute approximate surface area is 81.2 Å². The van der Waals surface area contributed by atoms with Gasteiger partial charge in [0, 0.05) is 12.4 Å². The van der Waals surface area contributed by atoms with Crippen molar-refractivity contribution in [2.75, 3.05) is 4.72 Å². The number of nitrogens with one attached hydrogen (secondary N) is 1. The maximum atomic E-state index is 11.1. The normalized spacial score (nSPS) is 17.5. The van der Waals surface area contributed by atoms with Crippen molar-refractivity contribution >= 4 is 33.8 Å². The quantitative estimate of drug-likeness (QED) is 0.766. The molecule has 0 spiro atoms. The van der Waals surface area contributed by atoms with Gasteiger partial charge < -0.3 is 0 Å². The molecule has 0 saturated heterocycles. The number of hydrogen-bond donors (Lipinski definition) is 1. The summed E-state index contributed by atoms with van der Waals surface area (Å²) >= 11 is 4.50. The summed E-state index contributed by atoms with van der Waals surface area (Å²) in [4.78, 5) is 0. The third-order valence-electron chi connectivity index (χ3n) is 1.81. The van der Waals surface area contributed by atoms with Crippen LogP contribution in [0.2, 0.25) is 0 Å². The topological polar surface area (TPSA) is 58.5 Å². The summed E-state index contributed by atoms with van der Waals surface area (Å²) in [7, 11) is -3.16. The number of anilines is 1. The van der Waals surface area contributed by atoms with Gasteiger partial charge in [0.25, 0.3) is 0 Å². The van der Waals surface area contributed by atoms with E-state index >= 15 is 0 Å². The number of rotatable bonds is 1. The zero-order chi connectivity index (χ0) is 9.47. The number of benzene rings is 1. The van der Waals surface area contributed by atoms with Gasteiger partial charge in [0.2, 0.25) is 10.0 Å². The van der Waals surface area contributed by atoms with Crippen LogP contribution in [0.4, 0.5) is 11.4 Å². The molecule has 1 aromatic carbocycles. The Balaban J connectivity index is 2.53. The van der Waals surface area contributed by atoms with Crippen molar-refractivity contribution in [1.29, 1.82) is 0 Å². The Morgan fingerprint density at radius 2 is 2.23 bits per heavy atom. The van der Waals surface area contributed by atoms with Crippen LogP contribution in [0.3, 0.4) is 0 Å². The van der Waals surface area contributed by atoms with E-state index in [0.29, 0.717) is 11.4 Å². The van der Waals surface area contributed by atoms with Gasteiger partial charge in [-0.05, 0) is 23.8 Å². The summed E-state index contributed by atoms with van der Waals surface area (Å²) in [6, 6.07) is 5.03. The average Bonchev–Trinajstić information content (AvgIpc) is 2.36. The van der Waals surface area contributed by atoms with Crippen molar-refractivity contribution in [2.24, 2.45) is 4.36 Å². The number of sulfonamides is 1. The Morgan fingerprint density at radius 3 is 2.92 bits per heavy atom. The molecule has 0 fully saturated rings. The lowest BCUT2D eigenvalue weighted by molar-refractivity contribution is 0.602. The number of nitrogens with zero attached hydrogens (tertiary/aromatic N) is 1. The molecule has 1 heterocycles. The molecule has 1 N–H and O–H groups in total. The Kier molecular flexibility index (Phi) is 1.81. The third kappa shape index (κ3) is 1.54. The maximum Gasteiger partial charge on any atom is 0.237 e. The van der Waals surface area contributed by atoms with E-state index in [2.05, 4.69) is 21.5 Å². The Morgan fingerprint density at radius 1 is 1.46 bits per heavy atom. The molecule has 1 aromatic rings. The minimum Gasteiger partial charge on any atom is -0.283 e. The molecule has 0 saturated carbocycles. The van der Waals surface area contributed by atoms with E-state index in [-0.39, 0.29) is 5.75 Å². The third-order valence-corrected chi connectivity index (χ3v) is 3.24. The van der Waals surface area contributed by atoms with Gasteiger partial charge in [0.1, 0.15) is 0 Å². The minimum atomic E-state index is -3.16. The lowest BCUT2D eigenvalue weighted by Crippen LogP contribution is -2.05. The van der Waals surface area contributed by atoms with Crippen molar-refractivity contribution in [3.05, 3.63) is 23.8 Å². The summed E-state index contributed by atoms with van der Waals surface area (Å²) in [5.74, 6) is 0.0149. The summed E-state index contributed by atoms with van der Waals surface area (Å²) in [5.41, 5.74) is 1.97. The smallest absolute Gasteiger partial charge is 0.237 e. The van der Waals surface area contributed by atoms with Crippen LogP contribution in [0, 0.1) is 0 Å². The molecule has 1 aliphatic rings. The fraction of sp³-hybridized carbons (Fsp3) is 0.143. The van der Waals surface area contributed by atoms with Crippen LogP contribution in [0.1, 0.15) is 5.56 Å². The molecule has 1 aliphatic heterocycles. The van der Waals surface area contributed by atoms with Crippen LogP contribution in [0.15, 0.2) is 22.6 Å². The summed E-state index contributed by atoms with van der Waals surface area (Å²) in [6.45, 7) is 0. The first-order valence-electron chi connectivity index (χ1n) is 3.57. The molecule has 0 bridgehead atoms. The predicted octanol–water partition coefficient (Wildman–Crippen LogP) is 1.30. The van der Waals surface area contributed by atoms with Crippen molar-refractivity contribution in [1.82, 2.24) is 0 Å². The molecule has 0 aromatic heterocycles. The molecule has 0 radical (unpaired) electrons. The maximum absolute atomic E-state index is 11.1. The molecular weight excluding hydrogens is 208 g/mol. The number of hydrogen-bond acceptors (Lipinski definition) is 4. The van der Waals surface area contributed by atoms with E-state index in [1.165, 1.54) is 0 Å². The molecule has 2 rings (SSSR count). The van der Waals surface area contributed by atoms with E-state index in [4.69, 9.17) is 0 Å². The number of fused-ring (bicyclic) bond motifs is 1. The monoisotopic (exact) mass is 214 g/mol. The van der Waals surface area contributed by atoms with Crippen molar-refractivity contribution in [2.45, 2.75) is 5.75 Å². The van der Waals surface area contributed by atoms with Crippen LogP contribution in [0.5, 0.6) is 0 Å². The van der Waals surface area contributed by atoms with Gasteiger partial charge in [-0.3, -0.25) is 4.72 Å². The molecule has 0 atom stereocenters. The van der Waals surface area contributed by atoms with Gasteiger partial charge in [-0.15, -0.1) is 0 Å². The van der Waals surface area contributed by atoms with Gasteiger partial charge in [-0.25, -0.2) is 8.42 Å². The van der Waals surface area contributed by atoms with E-state index in [9.17, 15) is 8.42 Å². The van der Waals surface area contributed by atoms with Crippen LogP contribution >= 0.6 is 0 Å². The highest BCUT2D eigenvalue weighted by atomic mass is 32.2. The van der Waals surface area contributed by atoms with E-state index in [0.717, 1.165) is 5.56 Å². The molecule has 0 unspecified atom stereocenters. The second-order valence-corrected chi connectivity index (χ2v) is 4.70. The van der Waals surface area contributed by atoms with Crippen LogP contribution in [-0.2, 0) is 28.2 Å². The standard InChI is InChI=1S/C7H6N2O2S2/c10-13(11)4-5-3-6(8-12)1-2-7(5)9-13/h1-3,9H,4H2. The van der Waals surface area contributed by atoms with Crippen LogP contribution < -0.4 is 4.72 Å². The highest BCUT2D eigenvalue weighted by Crippen LogP contribution is 2.30. The lowest BCUT2D eigenvalue weighted by Gasteiger charge is -1.96. The largest absolute Gasteiger partial charge is 0.283 e. The fourth-order valence-electron chi connectivity index (χ4n) is 1.26.